The Labute approximate surface area is 216 Å². The van der Waals surface area contributed by atoms with E-state index < -0.39 is 29.4 Å². The Kier molecular flexibility index (Phi) is 8.68. The smallest absolute Gasteiger partial charge is 0.407 e. The number of amides is 2. The number of carbonyl (C=O) groups is 2. The van der Waals surface area contributed by atoms with Gasteiger partial charge < -0.3 is 15.4 Å². The van der Waals surface area contributed by atoms with Crippen LogP contribution in [-0.4, -0.2) is 38.9 Å². The third-order valence-electron chi connectivity index (χ3n) is 5.83. The minimum atomic E-state index is -2.16. The van der Waals surface area contributed by atoms with E-state index in [1.54, 1.807) is 12.1 Å². The maximum atomic E-state index is 13.4. The first-order chi connectivity index (χ1) is 17.4. The van der Waals surface area contributed by atoms with Crippen molar-refractivity contribution < 1.29 is 23.1 Å². The minimum absolute atomic E-state index is 0.304. The molecule has 1 saturated carbocycles. The molecule has 1 heterocycles. The summed E-state index contributed by atoms with van der Waals surface area (Å²) in [4.78, 5) is 30.2. The van der Waals surface area contributed by atoms with Crippen LogP contribution in [0.25, 0.3) is 0 Å². The molecule has 4 rings (SSSR count). The summed E-state index contributed by atoms with van der Waals surface area (Å²) in [6, 6.07) is 15.3. The molecule has 4 N–H and O–H groups in total. The van der Waals surface area contributed by atoms with Gasteiger partial charge in [0.25, 0.3) is 11.3 Å². The van der Waals surface area contributed by atoms with Crippen molar-refractivity contribution in [3.05, 3.63) is 81.8 Å². The van der Waals surface area contributed by atoms with Crippen LogP contribution in [0.5, 0.6) is 0 Å². The van der Waals surface area contributed by atoms with E-state index in [0.29, 0.717) is 24.4 Å². The predicted molar refractivity (Wildman–Crippen MR) is 139 cm³/mol. The average molecular weight is 529 g/mol. The number of nitrogens with one attached hydrogen (secondary N) is 3. The molecule has 0 spiro atoms. The number of hydrogen-bond donors (Lipinski definition) is 4. The van der Waals surface area contributed by atoms with E-state index >= 15 is 0 Å². The van der Waals surface area contributed by atoms with Crippen LogP contribution in [0.1, 0.15) is 46.6 Å². The Morgan fingerprint density at radius 1 is 1.08 bits per heavy atom. The monoisotopic (exact) mass is 528 g/mol. The molecule has 1 fully saturated rings. The van der Waals surface area contributed by atoms with Gasteiger partial charge in [-0.3, -0.25) is 14.1 Å². The lowest BCUT2D eigenvalue weighted by Gasteiger charge is -2.22. The van der Waals surface area contributed by atoms with E-state index in [1.165, 1.54) is 18.4 Å². The summed E-state index contributed by atoms with van der Waals surface area (Å²) in [6.45, 7) is 0. The summed E-state index contributed by atoms with van der Waals surface area (Å²) in [5.74, 6) is 0.147. The van der Waals surface area contributed by atoms with Crippen molar-refractivity contribution in [2.24, 2.45) is 0 Å². The molecule has 36 heavy (non-hydrogen) atoms. The normalized spacial score (nSPS) is 15.4. The molecule has 9 nitrogen and oxygen atoms in total. The number of aromatic nitrogens is 1. The van der Waals surface area contributed by atoms with Crippen LogP contribution < -0.4 is 15.4 Å². The van der Waals surface area contributed by atoms with Gasteiger partial charge in [-0.05, 0) is 42.5 Å². The molecule has 2 aromatic carbocycles. The molecular formula is C25H28N4O5S2. The van der Waals surface area contributed by atoms with Crippen molar-refractivity contribution in [3.63, 3.8) is 0 Å². The fraction of sp³-hybridized carbons (Fsp3) is 0.320. The molecule has 1 aliphatic carbocycles. The topological polar surface area (TPSA) is 130 Å². The highest BCUT2D eigenvalue weighted by atomic mass is 32.2. The number of nitrogens with zero attached hydrogens (tertiary/aromatic N) is 1. The van der Waals surface area contributed by atoms with E-state index in [2.05, 4.69) is 15.4 Å². The Balaban J connectivity index is 1.54. The number of alkyl carbamates (subject to hydrolysis) is 1. The standard InChI is InChI=1S/C25H28N4O5S2/c1-34-25(31)28-20(13-16-5-3-2-4-6-16)23(30)26-21(24-27-22(15-35-24)18-9-10-18)14-17-7-11-19(12-8-17)29-36(32)33/h2-8,11-12,15,18,20-21,29H,9-10,13-14H2,1H3,(H,26,30)(H,28,31)(H,32,33)/t20-,21-/m0/s1. The predicted octanol–water partition coefficient (Wildman–Crippen LogP) is 3.94. The van der Waals surface area contributed by atoms with Gasteiger partial charge >= 0.3 is 6.09 Å². The second-order valence-corrected chi connectivity index (χ2v) is 10.2. The van der Waals surface area contributed by atoms with Crippen LogP contribution in [0.2, 0.25) is 0 Å². The molecule has 1 unspecified atom stereocenters. The van der Waals surface area contributed by atoms with Gasteiger partial charge in [0.2, 0.25) is 5.91 Å². The van der Waals surface area contributed by atoms with Crippen LogP contribution in [0.15, 0.2) is 60.0 Å². The highest BCUT2D eigenvalue weighted by molar-refractivity contribution is 7.80. The van der Waals surface area contributed by atoms with E-state index in [1.807, 2.05) is 47.8 Å². The Morgan fingerprint density at radius 2 is 1.78 bits per heavy atom. The summed E-state index contributed by atoms with van der Waals surface area (Å²) in [5.41, 5.74) is 3.38. The number of methoxy groups -OCH3 is 1. The van der Waals surface area contributed by atoms with E-state index in [0.717, 1.165) is 34.7 Å². The zero-order valence-electron chi connectivity index (χ0n) is 19.7. The lowest BCUT2D eigenvalue weighted by atomic mass is 10.0. The van der Waals surface area contributed by atoms with Gasteiger partial charge in [-0.15, -0.1) is 11.3 Å². The maximum Gasteiger partial charge on any atom is 0.407 e. The number of anilines is 1. The van der Waals surface area contributed by atoms with E-state index in [-0.39, 0.29) is 5.91 Å². The van der Waals surface area contributed by atoms with Crippen molar-refractivity contribution in [1.82, 2.24) is 15.6 Å². The number of rotatable bonds is 11. The number of ether oxygens (including phenoxy) is 1. The molecule has 0 bridgehead atoms. The second kappa shape index (κ2) is 12.1. The molecule has 3 atom stereocenters. The van der Waals surface area contributed by atoms with Crippen LogP contribution in [0.3, 0.4) is 0 Å². The SMILES string of the molecule is COC(=O)N[C@@H](Cc1ccccc1)C(=O)N[C@@H](Cc1ccc(NS(=O)O)cc1)c1nc(C2CC2)cs1. The molecule has 3 aromatic rings. The highest BCUT2D eigenvalue weighted by Gasteiger charge is 2.29. The number of benzene rings is 2. The first kappa shape index (κ1) is 25.8. The molecule has 0 aliphatic heterocycles. The molecule has 190 valence electrons. The molecule has 0 radical (unpaired) electrons. The first-order valence-corrected chi connectivity index (χ1v) is 13.5. The lowest BCUT2D eigenvalue weighted by Crippen LogP contribution is -2.49. The summed E-state index contributed by atoms with van der Waals surface area (Å²) in [6.07, 6.45) is 2.34. The van der Waals surface area contributed by atoms with Crippen LogP contribution in [-0.2, 0) is 33.6 Å². The van der Waals surface area contributed by atoms with Gasteiger partial charge in [-0.25, -0.2) is 14.0 Å². The van der Waals surface area contributed by atoms with Crippen LogP contribution in [0, 0.1) is 0 Å². The molecular weight excluding hydrogens is 500 g/mol. The highest BCUT2D eigenvalue weighted by Crippen LogP contribution is 2.41. The third kappa shape index (κ3) is 7.36. The third-order valence-corrected chi connectivity index (χ3v) is 7.21. The van der Waals surface area contributed by atoms with Crippen molar-refractivity contribution in [2.45, 2.75) is 43.7 Å². The largest absolute Gasteiger partial charge is 0.453 e. The average Bonchev–Trinajstić information content (AvgIpc) is 3.61. The number of carbonyl (C=O) groups excluding carboxylic acids is 2. The van der Waals surface area contributed by atoms with Crippen LogP contribution >= 0.6 is 11.3 Å². The van der Waals surface area contributed by atoms with Gasteiger partial charge in [0.1, 0.15) is 11.0 Å². The zero-order chi connectivity index (χ0) is 25.5. The summed E-state index contributed by atoms with van der Waals surface area (Å²) < 4.78 is 27.2. The molecule has 2 amide bonds. The Bertz CT molecular complexity index is 1200. The summed E-state index contributed by atoms with van der Waals surface area (Å²) in [5, 5.41) is 8.57. The number of thiazole rings is 1. The number of hydrogen-bond acceptors (Lipinski definition) is 6. The molecule has 1 aliphatic rings. The van der Waals surface area contributed by atoms with E-state index in [4.69, 9.17) is 14.3 Å². The zero-order valence-corrected chi connectivity index (χ0v) is 21.3. The fourth-order valence-electron chi connectivity index (χ4n) is 3.81. The van der Waals surface area contributed by atoms with Crippen molar-refractivity contribution in [3.8, 4) is 0 Å². The van der Waals surface area contributed by atoms with Gasteiger partial charge in [0.15, 0.2) is 0 Å². The van der Waals surface area contributed by atoms with Gasteiger partial charge in [-0.2, -0.15) is 0 Å². The van der Waals surface area contributed by atoms with Crippen LogP contribution in [0.4, 0.5) is 10.5 Å². The van der Waals surface area contributed by atoms with Gasteiger partial charge in [0, 0.05) is 23.4 Å². The lowest BCUT2D eigenvalue weighted by molar-refractivity contribution is -0.123. The van der Waals surface area contributed by atoms with Gasteiger partial charge in [0.05, 0.1) is 18.8 Å². The first-order valence-electron chi connectivity index (χ1n) is 11.5. The minimum Gasteiger partial charge on any atom is -0.453 e. The summed E-state index contributed by atoms with van der Waals surface area (Å²) in [7, 11) is 1.26. The second-order valence-electron chi connectivity index (χ2n) is 8.58. The van der Waals surface area contributed by atoms with Crippen molar-refractivity contribution in [2.75, 3.05) is 11.8 Å². The molecule has 1 aromatic heterocycles. The van der Waals surface area contributed by atoms with E-state index in [9.17, 15) is 13.8 Å². The fourth-order valence-corrected chi connectivity index (χ4v) is 5.09. The maximum absolute atomic E-state index is 13.4. The van der Waals surface area contributed by atoms with Crippen molar-refractivity contribution >= 4 is 40.3 Å². The van der Waals surface area contributed by atoms with Gasteiger partial charge in [-0.1, -0.05) is 42.5 Å². The quantitative estimate of drug-likeness (QED) is 0.279. The van der Waals surface area contributed by atoms with Crippen molar-refractivity contribution in [1.29, 1.82) is 0 Å². The Hall–Kier alpha value is -3.28. The summed E-state index contributed by atoms with van der Waals surface area (Å²) >= 11 is -0.646. The molecule has 0 saturated heterocycles. The Morgan fingerprint density at radius 3 is 2.42 bits per heavy atom. The molecule has 11 heteroatoms.